The Morgan fingerprint density at radius 2 is 1.71 bits per heavy atom. The molecule has 0 spiro atoms. The number of benzene rings is 3. The lowest BCUT2D eigenvalue weighted by Crippen LogP contribution is -2.41. The molecule has 6 nitrogen and oxygen atoms in total. The highest BCUT2D eigenvalue weighted by Gasteiger charge is 2.25. The zero-order valence-corrected chi connectivity index (χ0v) is 19.2. The van der Waals surface area contributed by atoms with E-state index in [9.17, 15) is 14.0 Å². The number of anilines is 1. The van der Waals surface area contributed by atoms with E-state index in [-0.39, 0.29) is 22.8 Å². The van der Waals surface area contributed by atoms with E-state index in [2.05, 4.69) is 5.32 Å². The number of carbonyl (C=O) groups is 2. The Kier molecular flexibility index (Phi) is 7.77. The van der Waals surface area contributed by atoms with E-state index in [0.29, 0.717) is 36.4 Å². The lowest BCUT2D eigenvalue weighted by molar-refractivity contribution is 0.0672. The maximum Gasteiger partial charge on any atom is 0.255 e. The normalized spacial score (nSPS) is 10.9. The number of nitrogens with zero attached hydrogens (tertiary/aromatic N) is 2. The molecular weight excluding hydrogens is 431 g/mol. The smallest absolute Gasteiger partial charge is 0.255 e. The molecule has 0 heterocycles. The van der Waals surface area contributed by atoms with Crippen LogP contribution in [0.2, 0.25) is 0 Å². The highest BCUT2D eigenvalue weighted by atomic mass is 19.1. The van der Waals surface area contributed by atoms with Crippen LogP contribution in [0.25, 0.3) is 0 Å². The number of rotatable bonds is 8. The average Bonchev–Trinajstić information content (AvgIpc) is 2.84. The van der Waals surface area contributed by atoms with Crippen LogP contribution in [0.15, 0.2) is 72.8 Å². The van der Waals surface area contributed by atoms with E-state index >= 15 is 0 Å². The molecule has 0 aromatic heterocycles. The molecule has 7 heteroatoms. The van der Waals surface area contributed by atoms with Crippen molar-refractivity contribution in [3.63, 3.8) is 0 Å². The van der Waals surface area contributed by atoms with Gasteiger partial charge in [-0.25, -0.2) is 4.39 Å². The van der Waals surface area contributed by atoms with Crippen LogP contribution in [-0.2, 0) is 6.54 Å². The van der Waals surface area contributed by atoms with Crippen molar-refractivity contribution in [3.05, 3.63) is 101 Å². The summed E-state index contributed by atoms with van der Waals surface area (Å²) in [5.74, 6) is -1.03. The first-order valence-corrected chi connectivity index (χ1v) is 10.9. The zero-order chi connectivity index (χ0) is 24.7. The minimum atomic E-state index is -0.466. The van der Waals surface area contributed by atoms with Crippen LogP contribution in [0, 0.1) is 22.6 Å². The van der Waals surface area contributed by atoms with Gasteiger partial charge in [-0.1, -0.05) is 32.0 Å². The third-order valence-electron chi connectivity index (χ3n) is 5.39. The van der Waals surface area contributed by atoms with Gasteiger partial charge in [0.1, 0.15) is 5.82 Å². The van der Waals surface area contributed by atoms with E-state index in [1.165, 1.54) is 18.2 Å². The maximum absolute atomic E-state index is 13.7. The SMILES string of the molecule is CC(C)(CN)CN(Cc1ccc(NC(=O)c2ccc(C#N)cc2)cc1)C(=O)c1cccc(F)c1. The fourth-order valence-electron chi connectivity index (χ4n) is 3.40. The Balaban J connectivity index is 1.74. The molecule has 3 N–H and O–H groups in total. The molecule has 0 aliphatic rings. The highest BCUT2D eigenvalue weighted by molar-refractivity contribution is 6.04. The second-order valence-corrected chi connectivity index (χ2v) is 8.88. The van der Waals surface area contributed by atoms with Gasteiger partial charge in [-0.2, -0.15) is 5.26 Å². The predicted molar refractivity (Wildman–Crippen MR) is 130 cm³/mol. The minimum absolute atomic E-state index is 0.277. The Morgan fingerprint density at radius 1 is 1.03 bits per heavy atom. The molecule has 174 valence electrons. The fraction of sp³-hybridized carbons (Fsp3) is 0.222. The van der Waals surface area contributed by atoms with Crippen LogP contribution < -0.4 is 11.1 Å². The number of amides is 2. The summed E-state index contributed by atoms with van der Waals surface area (Å²) < 4.78 is 13.7. The Labute approximate surface area is 198 Å². The summed E-state index contributed by atoms with van der Waals surface area (Å²) >= 11 is 0. The quantitative estimate of drug-likeness (QED) is 0.516. The summed E-state index contributed by atoms with van der Waals surface area (Å²) in [5, 5.41) is 11.7. The Morgan fingerprint density at radius 3 is 2.29 bits per heavy atom. The van der Waals surface area contributed by atoms with Crippen molar-refractivity contribution >= 4 is 17.5 Å². The topological polar surface area (TPSA) is 99.2 Å². The van der Waals surface area contributed by atoms with E-state index in [4.69, 9.17) is 11.0 Å². The molecule has 3 rings (SSSR count). The summed E-state index contributed by atoms with van der Waals surface area (Å²) in [6.07, 6.45) is 0. The second-order valence-electron chi connectivity index (χ2n) is 8.88. The molecule has 3 aromatic carbocycles. The van der Waals surface area contributed by atoms with Gasteiger partial charge in [-0.05, 0) is 72.1 Å². The lowest BCUT2D eigenvalue weighted by atomic mass is 9.92. The number of halogens is 1. The summed E-state index contributed by atoms with van der Waals surface area (Å²) in [6.45, 7) is 5.04. The Bertz CT molecular complexity index is 1200. The van der Waals surface area contributed by atoms with Crippen molar-refractivity contribution in [1.82, 2.24) is 4.90 Å². The van der Waals surface area contributed by atoms with Crippen LogP contribution in [0.3, 0.4) is 0 Å². The third-order valence-corrected chi connectivity index (χ3v) is 5.39. The molecule has 0 bridgehead atoms. The lowest BCUT2D eigenvalue weighted by Gasteiger charge is -2.32. The van der Waals surface area contributed by atoms with Crippen LogP contribution in [0.5, 0.6) is 0 Å². The van der Waals surface area contributed by atoms with Crippen molar-refractivity contribution < 1.29 is 14.0 Å². The van der Waals surface area contributed by atoms with E-state index in [0.717, 1.165) is 5.56 Å². The van der Waals surface area contributed by atoms with Crippen LogP contribution in [0.1, 0.15) is 45.7 Å². The predicted octanol–water partition coefficient (Wildman–Crippen LogP) is 4.58. The summed E-state index contributed by atoms with van der Waals surface area (Å²) in [4.78, 5) is 27.3. The summed E-state index contributed by atoms with van der Waals surface area (Å²) in [7, 11) is 0. The summed E-state index contributed by atoms with van der Waals surface area (Å²) in [5.41, 5.74) is 8.22. The van der Waals surface area contributed by atoms with E-state index < -0.39 is 5.82 Å². The largest absolute Gasteiger partial charge is 0.334 e. The number of nitrogens with two attached hydrogens (primary N) is 1. The highest BCUT2D eigenvalue weighted by Crippen LogP contribution is 2.21. The summed E-state index contributed by atoms with van der Waals surface area (Å²) in [6, 6.07) is 21.2. The van der Waals surface area contributed by atoms with Crippen LogP contribution >= 0.6 is 0 Å². The van der Waals surface area contributed by atoms with Gasteiger partial charge in [0.2, 0.25) is 0 Å². The second kappa shape index (κ2) is 10.7. The molecule has 0 aliphatic heterocycles. The number of hydrogen-bond donors (Lipinski definition) is 2. The van der Waals surface area contributed by atoms with Gasteiger partial charge in [-0.3, -0.25) is 9.59 Å². The van der Waals surface area contributed by atoms with Gasteiger partial charge < -0.3 is 16.0 Å². The number of hydrogen-bond acceptors (Lipinski definition) is 4. The van der Waals surface area contributed by atoms with Crippen molar-refractivity contribution in [3.8, 4) is 6.07 Å². The van der Waals surface area contributed by atoms with Crippen molar-refractivity contribution in [2.24, 2.45) is 11.1 Å². The molecule has 2 amide bonds. The standard InChI is InChI=1S/C27H27FN4O2/c1-27(2,17-30)18-32(26(34)22-4-3-5-23(28)14-22)16-20-8-12-24(13-9-20)31-25(33)21-10-6-19(15-29)7-11-21/h3-14H,16-18,30H2,1-2H3,(H,31,33). The fourth-order valence-corrected chi connectivity index (χ4v) is 3.40. The first-order valence-electron chi connectivity index (χ1n) is 10.9. The minimum Gasteiger partial charge on any atom is -0.334 e. The molecule has 0 saturated heterocycles. The molecule has 34 heavy (non-hydrogen) atoms. The van der Waals surface area contributed by atoms with E-state index in [1.54, 1.807) is 47.4 Å². The van der Waals surface area contributed by atoms with Gasteiger partial charge in [0, 0.05) is 29.9 Å². The number of nitriles is 1. The van der Waals surface area contributed by atoms with Crippen LogP contribution in [0.4, 0.5) is 10.1 Å². The van der Waals surface area contributed by atoms with Crippen LogP contribution in [-0.4, -0.2) is 29.8 Å². The number of nitrogens with one attached hydrogen (secondary N) is 1. The first kappa shape index (κ1) is 24.6. The van der Waals surface area contributed by atoms with Gasteiger partial charge in [0.05, 0.1) is 11.6 Å². The van der Waals surface area contributed by atoms with Gasteiger partial charge in [-0.15, -0.1) is 0 Å². The Hall–Kier alpha value is -4.02. The molecule has 0 radical (unpaired) electrons. The molecule has 3 aromatic rings. The molecule has 0 aliphatic carbocycles. The maximum atomic E-state index is 13.7. The monoisotopic (exact) mass is 458 g/mol. The zero-order valence-electron chi connectivity index (χ0n) is 19.2. The molecule has 0 atom stereocenters. The van der Waals surface area contributed by atoms with Crippen molar-refractivity contribution in [2.75, 3.05) is 18.4 Å². The van der Waals surface area contributed by atoms with Gasteiger partial charge in [0.25, 0.3) is 11.8 Å². The molecular formula is C27H27FN4O2. The number of carbonyl (C=O) groups excluding carboxylic acids is 2. The van der Waals surface area contributed by atoms with Gasteiger partial charge in [0.15, 0.2) is 0 Å². The first-order chi connectivity index (χ1) is 16.2. The molecule has 0 unspecified atom stereocenters. The van der Waals surface area contributed by atoms with Crippen molar-refractivity contribution in [2.45, 2.75) is 20.4 Å². The van der Waals surface area contributed by atoms with E-state index in [1.807, 2.05) is 32.0 Å². The van der Waals surface area contributed by atoms with Gasteiger partial charge >= 0.3 is 0 Å². The third kappa shape index (κ3) is 6.50. The molecule has 0 saturated carbocycles. The van der Waals surface area contributed by atoms with Crippen molar-refractivity contribution in [1.29, 1.82) is 5.26 Å². The average molecular weight is 459 g/mol. The molecule has 0 fully saturated rings.